The van der Waals surface area contributed by atoms with Crippen LogP contribution in [0.1, 0.15) is 132 Å². The molecule has 91 heavy (non-hydrogen) atoms. The van der Waals surface area contributed by atoms with Crippen molar-refractivity contribution in [2.24, 2.45) is 35.5 Å². The highest BCUT2D eigenvalue weighted by molar-refractivity contribution is 6.39. The maximum Gasteiger partial charge on any atom is 0.407 e. The number of Topliss-reactive ketones (excluding diaryl/α,β-unsaturated/α-hetero) is 2. The van der Waals surface area contributed by atoms with Gasteiger partial charge in [0.15, 0.2) is 5.78 Å². The number of carbonyl (C=O) groups is 5. The maximum absolute atomic E-state index is 14.7. The van der Waals surface area contributed by atoms with Gasteiger partial charge in [0.1, 0.15) is 30.5 Å². The standard InChI is InChI=1S/C68H114N2O21/c1-12-82-28-29-84-32-33-86-36-37-88-39-38-87-35-34-85-31-30-83-27-25-69-67(77)90-57-24-22-53(43-60(57)80-10)42-49(5)59-45-56(71)48(4)41-51(7)62(73)63(81-11)61(72)50(6)40-46(2)18-14-13-15-19-47(3)58(79-9)44-54-23-21-52(8)68(78,91-54)64(74)65(75)70-26-17-16-20-55(70)66(76)89-59/h13-15,18-19,41,46,48-50,52-60,62-63,71,73,78H,12,16-17,20-40,42-45H2,1-11H3,(H,69,77)/b15-13+,18-14+,47-19+,51-41+/t46-,48-,49-,50-,52-,53+,54+,55+,56-,57-,58+,59+,60-,62-,63+,68-/m1/s1. The van der Waals surface area contributed by atoms with Gasteiger partial charge in [0.25, 0.3) is 11.7 Å². The lowest BCUT2D eigenvalue weighted by Crippen LogP contribution is -2.61. The molecule has 2 saturated heterocycles. The Morgan fingerprint density at radius 2 is 1.32 bits per heavy atom. The van der Waals surface area contributed by atoms with E-state index in [1.165, 1.54) is 12.0 Å². The predicted octanol–water partition coefficient (Wildman–Crippen LogP) is 6.84. The van der Waals surface area contributed by atoms with E-state index in [0.29, 0.717) is 156 Å². The summed E-state index contributed by atoms with van der Waals surface area (Å²) in [6.45, 7) is 21.4. The van der Waals surface area contributed by atoms with Crippen LogP contribution in [0.25, 0.3) is 0 Å². The Morgan fingerprint density at radius 1 is 0.703 bits per heavy atom. The number of fused-ring (bicyclic) bond motifs is 3. The van der Waals surface area contributed by atoms with Gasteiger partial charge in [0.05, 0.1) is 110 Å². The number of carbonyl (C=O) groups excluding carboxylic acids is 5. The van der Waals surface area contributed by atoms with Crippen LogP contribution >= 0.6 is 0 Å². The summed E-state index contributed by atoms with van der Waals surface area (Å²) < 4.78 is 74.3. The van der Waals surface area contributed by atoms with E-state index in [4.69, 9.17) is 61.6 Å². The number of nitrogens with one attached hydrogen (secondary N) is 1. The topological polar surface area (TPSA) is 281 Å². The molecule has 3 fully saturated rings. The Balaban J connectivity index is 1.38. The summed E-state index contributed by atoms with van der Waals surface area (Å²) in [4.78, 5) is 71.7. The van der Waals surface area contributed by atoms with E-state index < -0.39 is 102 Å². The summed E-state index contributed by atoms with van der Waals surface area (Å²) in [6, 6.07) is -1.17. The quantitative estimate of drug-likeness (QED) is 0.0258. The molecule has 1 saturated carbocycles. The zero-order valence-electron chi connectivity index (χ0n) is 56.6. The number of rotatable bonds is 29. The first-order valence-electron chi connectivity index (χ1n) is 33.3. The SMILES string of the molecule is CCOCCOCCOCCOCCOCCOCCOCCNC(=O)O[C@@H]1CC[C@@H](C[C@@H](C)[C@@H]2C[C@@H](O)[C@H](C)/C=C(\C)[C@@H](O)[C@@H](OC)C(=O)[C@H](C)C[C@H](C)/C=C/C=C/C=C(\C)[C@@H](OC)C[C@@H]3CC[C@@H](C)[C@@](O)(O3)C(=O)C(=O)N3CCCC[C@H]3C(=O)O2)C[C@H]1OC. The van der Waals surface area contributed by atoms with Gasteiger partial charge in [0, 0.05) is 71.6 Å². The third-order valence-corrected chi connectivity index (χ3v) is 17.8. The molecule has 0 aromatic carbocycles. The zero-order chi connectivity index (χ0) is 66.7. The average Bonchev–Trinajstić information content (AvgIpc) is 1.05. The average molecular weight is 1300 g/mol. The normalized spacial score (nSPS) is 33.0. The number of ether oxygens (including phenoxy) is 13. The van der Waals surface area contributed by atoms with E-state index in [-0.39, 0.29) is 56.1 Å². The number of hydrogen-bond donors (Lipinski definition) is 4. The molecule has 2 bridgehead atoms. The van der Waals surface area contributed by atoms with Crippen molar-refractivity contribution < 1.29 is 101 Å². The number of aliphatic hydroxyl groups excluding tert-OH is 2. The summed E-state index contributed by atoms with van der Waals surface area (Å²) >= 11 is 0. The van der Waals surface area contributed by atoms with E-state index in [1.807, 2.05) is 65.0 Å². The van der Waals surface area contributed by atoms with Gasteiger partial charge in [-0.3, -0.25) is 14.4 Å². The van der Waals surface area contributed by atoms with E-state index >= 15 is 0 Å². The fourth-order valence-corrected chi connectivity index (χ4v) is 12.2. The molecule has 0 radical (unpaired) electrons. The highest BCUT2D eigenvalue weighted by Gasteiger charge is 2.53. The highest BCUT2D eigenvalue weighted by Crippen LogP contribution is 2.38. The summed E-state index contributed by atoms with van der Waals surface area (Å²) in [5.41, 5.74) is 1.29. The minimum atomic E-state index is -2.46. The fourth-order valence-electron chi connectivity index (χ4n) is 12.2. The van der Waals surface area contributed by atoms with E-state index in [0.717, 1.165) is 5.57 Å². The number of hydrogen-bond acceptors (Lipinski definition) is 21. The van der Waals surface area contributed by atoms with Crippen LogP contribution in [0.3, 0.4) is 0 Å². The predicted molar refractivity (Wildman–Crippen MR) is 340 cm³/mol. The largest absolute Gasteiger partial charge is 0.460 e. The molecule has 0 aromatic rings. The van der Waals surface area contributed by atoms with E-state index in [1.54, 1.807) is 41.1 Å². The van der Waals surface area contributed by atoms with Gasteiger partial charge in [-0.15, -0.1) is 0 Å². The molecule has 0 aromatic heterocycles. The number of methoxy groups -OCH3 is 3. The Labute approximate surface area is 541 Å². The molecule has 3 heterocycles. The number of aliphatic hydroxyl groups is 3. The lowest BCUT2D eigenvalue weighted by molar-refractivity contribution is -0.265. The van der Waals surface area contributed by atoms with Crippen molar-refractivity contribution in [3.05, 3.63) is 47.6 Å². The molecule has 23 nitrogen and oxygen atoms in total. The molecule has 2 amide bonds. The number of nitrogens with zero attached hydrogens (tertiary/aromatic N) is 1. The van der Waals surface area contributed by atoms with Crippen LogP contribution in [0.15, 0.2) is 47.6 Å². The molecular weight excluding hydrogens is 1180 g/mol. The van der Waals surface area contributed by atoms with Crippen LogP contribution in [0.2, 0.25) is 0 Å². The minimum Gasteiger partial charge on any atom is -0.460 e. The molecule has 4 rings (SSSR count). The molecule has 16 atom stereocenters. The first-order chi connectivity index (χ1) is 43.7. The van der Waals surface area contributed by atoms with E-state index in [9.17, 15) is 39.3 Å². The molecule has 3 aliphatic heterocycles. The Morgan fingerprint density at radius 3 is 1.91 bits per heavy atom. The van der Waals surface area contributed by atoms with Gasteiger partial charge >= 0.3 is 12.1 Å². The summed E-state index contributed by atoms with van der Waals surface area (Å²) in [5, 5.41) is 38.5. The first kappa shape index (κ1) is 79.4. The van der Waals surface area contributed by atoms with Crippen molar-refractivity contribution in [2.75, 3.05) is 127 Å². The maximum atomic E-state index is 14.7. The minimum absolute atomic E-state index is 0.00298. The number of cyclic esters (lactones) is 1. The lowest BCUT2D eigenvalue weighted by atomic mass is 9.78. The Hall–Kier alpha value is -4.05. The molecule has 4 aliphatic rings. The second kappa shape index (κ2) is 43.8. The molecular formula is C68H114N2O21. The van der Waals surface area contributed by atoms with Crippen molar-refractivity contribution in [1.82, 2.24) is 10.2 Å². The van der Waals surface area contributed by atoms with Gasteiger partial charge < -0.3 is 87.1 Å². The summed E-state index contributed by atoms with van der Waals surface area (Å²) in [6.07, 6.45) is 9.24. The van der Waals surface area contributed by atoms with E-state index in [2.05, 4.69) is 5.32 Å². The number of allylic oxidation sites excluding steroid dienone is 5. The zero-order valence-corrected chi connectivity index (χ0v) is 56.6. The first-order valence-corrected chi connectivity index (χ1v) is 33.3. The monoisotopic (exact) mass is 1290 g/mol. The second-order valence-corrected chi connectivity index (χ2v) is 25.0. The number of ketones is 2. The molecule has 1 aliphatic carbocycles. The van der Waals surface area contributed by atoms with Crippen LogP contribution in [-0.2, 0) is 80.8 Å². The molecule has 522 valence electrons. The molecule has 23 heteroatoms. The highest BCUT2D eigenvalue weighted by atomic mass is 16.6. The van der Waals surface area contributed by atoms with Gasteiger partial charge in [-0.1, -0.05) is 71.1 Å². The van der Waals surface area contributed by atoms with Crippen LogP contribution in [0, 0.1) is 35.5 Å². The smallest absolute Gasteiger partial charge is 0.407 e. The van der Waals surface area contributed by atoms with Crippen molar-refractivity contribution >= 4 is 29.5 Å². The van der Waals surface area contributed by atoms with Gasteiger partial charge in [-0.05, 0) is 114 Å². The van der Waals surface area contributed by atoms with Crippen LogP contribution in [0.5, 0.6) is 0 Å². The van der Waals surface area contributed by atoms with Crippen molar-refractivity contribution in [3.8, 4) is 0 Å². The van der Waals surface area contributed by atoms with Crippen molar-refractivity contribution in [1.29, 1.82) is 0 Å². The van der Waals surface area contributed by atoms with Gasteiger partial charge in [0.2, 0.25) is 5.79 Å². The Kier molecular flexibility index (Phi) is 38.2. The third-order valence-electron chi connectivity index (χ3n) is 17.8. The van der Waals surface area contributed by atoms with Gasteiger partial charge in [-0.25, -0.2) is 9.59 Å². The molecule has 4 N–H and O–H groups in total. The number of alkyl carbamates (subject to hydrolysis) is 1. The van der Waals surface area contributed by atoms with Gasteiger partial charge in [-0.2, -0.15) is 0 Å². The van der Waals surface area contributed by atoms with Crippen LogP contribution in [0.4, 0.5) is 4.79 Å². The molecule has 0 spiro atoms. The number of amides is 2. The van der Waals surface area contributed by atoms with Crippen molar-refractivity contribution in [2.45, 2.75) is 193 Å². The van der Waals surface area contributed by atoms with Crippen LogP contribution < -0.4 is 5.32 Å². The third kappa shape index (κ3) is 27.7. The van der Waals surface area contributed by atoms with Crippen molar-refractivity contribution in [3.63, 3.8) is 0 Å². The fraction of sp³-hybridized carbons (Fsp3) is 0.809. The lowest BCUT2D eigenvalue weighted by Gasteiger charge is -2.43. The van der Waals surface area contributed by atoms with Crippen LogP contribution in [-0.4, -0.2) is 237 Å². The molecule has 0 unspecified atom stereocenters. The summed E-state index contributed by atoms with van der Waals surface area (Å²) in [5.74, 6) is -7.79. The number of piperidine rings is 1. The Bertz CT molecular complexity index is 2250. The summed E-state index contributed by atoms with van der Waals surface area (Å²) in [7, 11) is 4.53. The second-order valence-electron chi connectivity index (χ2n) is 25.0. The number of esters is 1.